The van der Waals surface area contributed by atoms with E-state index in [9.17, 15) is 26.7 Å². The van der Waals surface area contributed by atoms with E-state index in [4.69, 9.17) is 0 Å². The maximum atomic E-state index is 13.0. The number of pyridine rings is 1. The van der Waals surface area contributed by atoms with E-state index in [1.54, 1.807) is 0 Å². The van der Waals surface area contributed by atoms with Gasteiger partial charge >= 0.3 is 12.3 Å². The fourth-order valence-corrected chi connectivity index (χ4v) is 1.51. The molecule has 0 atom stereocenters. The van der Waals surface area contributed by atoms with Crippen molar-refractivity contribution in [1.82, 2.24) is 4.98 Å². The minimum absolute atomic E-state index is 0.144. The van der Waals surface area contributed by atoms with Gasteiger partial charge in [0.25, 0.3) is 6.43 Å². The topological polar surface area (TPSA) is 57.7 Å². The molecular weight excluding hydrogens is 305 g/mol. The number of carbonyl (C=O) groups excluding carboxylic acids is 1. The van der Waals surface area contributed by atoms with Gasteiger partial charge in [0, 0.05) is 11.8 Å². The Morgan fingerprint density at radius 3 is 2.38 bits per heavy atom. The van der Waals surface area contributed by atoms with Crippen LogP contribution in [-0.4, -0.2) is 31.5 Å². The molecule has 118 valence electrons. The van der Waals surface area contributed by atoms with E-state index >= 15 is 0 Å². The van der Waals surface area contributed by atoms with Gasteiger partial charge in [-0.15, -0.1) is 13.2 Å². The minimum atomic E-state index is -5.19. The molecule has 1 aromatic heterocycles. The Balaban J connectivity index is 3.34. The normalized spacial score (nSPS) is 11.4. The van der Waals surface area contributed by atoms with Crippen LogP contribution in [0.5, 0.6) is 11.6 Å². The number of aromatic nitrogens is 1. The zero-order chi connectivity index (χ0) is 16.2. The second kappa shape index (κ2) is 6.55. The number of methoxy groups -OCH3 is 2. The average molecular weight is 315 g/mol. The molecule has 0 aliphatic rings. The molecule has 21 heavy (non-hydrogen) atoms. The van der Waals surface area contributed by atoms with Crippen LogP contribution in [0.25, 0.3) is 0 Å². The van der Waals surface area contributed by atoms with Crippen molar-refractivity contribution < 1.29 is 41.0 Å². The third kappa shape index (κ3) is 4.43. The number of esters is 1. The molecule has 10 heteroatoms. The van der Waals surface area contributed by atoms with Crippen molar-refractivity contribution in [3.05, 3.63) is 17.3 Å². The third-order valence-electron chi connectivity index (χ3n) is 2.30. The van der Waals surface area contributed by atoms with Crippen molar-refractivity contribution in [3.63, 3.8) is 0 Å². The predicted molar refractivity (Wildman–Crippen MR) is 58.1 cm³/mol. The van der Waals surface area contributed by atoms with Crippen molar-refractivity contribution in [2.75, 3.05) is 14.2 Å². The molecule has 0 N–H and O–H groups in total. The molecule has 0 spiro atoms. The molecule has 0 bridgehead atoms. The van der Waals surface area contributed by atoms with Gasteiger partial charge in [-0.1, -0.05) is 0 Å². The van der Waals surface area contributed by atoms with E-state index in [0.717, 1.165) is 20.4 Å². The molecule has 0 unspecified atom stereocenters. The number of hydrogen-bond donors (Lipinski definition) is 0. The molecule has 0 saturated heterocycles. The molecule has 0 aromatic carbocycles. The van der Waals surface area contributed by atoms with E-state index < -0.39 is 42.4 Å². The third-order valence-corrected chi connectivity index (χ3v) is 2.30. The van der Waals surface area contributed by atoms with Gasteiger partial charge in [-0.05, 0) is 0 Å². The Morgan fingerprint density at radius 2 is 1.95 bits per heavy atom. The van der Waals surface area contributed by atoms with Crippen molar-refractivity contribution in [1.29, 1.82) is 0 Å². The molecule has 0 fully saturated rings. The molecule has 0 amide bonds. The van der Waals surface area contributed by atoms with E-state index in [0.29, 0.717) is 0 Å². The molecule has 0 saturated carbocycles. The van der Waals surface area contributed by atoms with Gasteiger partial charge in [-0.3, -0.25) is 4.79 Å². The summed E-state index contributed by atoms with van der Waals surface area (Å²) in [5.74, 6) is -2.73. The lowest BCUT2D eigenvalue weighted by Gasteiger charge is -2.17. The molecule has 1 aromatic rings. The lowest BCUT2D eigenvalue weighted by atomic mass is 10.1. The van der Waals surface area contributed by atoms with Crippen molar-refractivity contribution in [2.45, 2.75) is 19.2 Å². The first-order chi connectivity index (χ1) is 9.69. The summed E-state index contributed by atoms with van der Waals surface area (Å²) in [5.41, 5.74) is -1.33. The maximum absolute atomic E-state index is 13.0. The Morgan fingerprint density at radius 1 is 1.33 bits per heavy atom. The molecule has 0 aliphatic carbocycles. The van der Waals surface area contributed by atoms with Crippen LogP contribution in [0.3, 0.4) is 0 Å². The van der Waals surface area contributed by atoms with Gasteiger partial charge in [0.05, 0.1) is 20.6 Å². The summed E-state index contributed by atoms with van der Waals surface area (Å²) in [6, 6.07) is 0. The average Bonchev–Trinajstić information content (AvgIpc) is 2.37. The highest BCUT2D eigenvalue weighted by Crippen LogP contribution is 2.39. The quantitative estimate of drug-likeness (QED) is 0.617. The summed E-state index contributed by atoms with van der Waals surface area (Å²) in [6.45, 7) is 0. The summed E-state index contributed by atoms with van der Waals surface area (Å²) in [7, 11) is 2.04. The summed E-state index contributed by atoms with van der Waals surface area (Å²) < 4.78 is 74.9. The lowest BCUT2D eigenvalue weighted by Crippen LogP contribution is -2.20. The van der Waals surface area contributed by atoms with Crippen LogP contribution in [0.4, 0.5) is 22.0 Å². The number of rotatable bonds is 5. The van der Waals surface area contributed by atoms with E-state index in [1.165, 1.54) is 0 Å². The minimum Gasteiger partial charge on any atom is -0.496 e. The highest BCUT2D eigenvalue weighted by molar-refractivity contribution is 5.73. The maximum Gasteiger partial charge on any atom is 0.574 e. The number of hydrogen-bond acceptors (Lipinski definition) is 5. The monoisotopic (exact) mass is 315 g/mol. The molecule has 0 aliphatic heterocycles. The van der Waals surface area contributed by atoms with E-state index in [1.807, 2.05) is 0 Å². The highest BCUT2D eigenvalue weighted by Gasteiger charge is 2.36. The number of halogens is 5. The largest absolute Gasteiger partial charge is 0.574 e. The molecule has 1 heterocycles. The first kappa shape index (κ1) is 16.9. The second-order valence-corrected chi connectivity index (χ2v) is 3.64. The molecule has 1 rings (SSSR count). The first-order valence-corrected chi connectivity index (χ1v) is 5.36. The van der Waals surface area contributed by atoms with Crippen LogP contribution in [0.1, 0.15) is 17.6 Å². The van der Waals surface area contributed by atoms with Crippen LogP contribution in [0.15, 0.2) is 6.20 Å². The smallest absolute Gasteiger partial charge is 0.496 e. The number of nitrogens with zero attached hydrogens (tertiary/aromatic N) is 1. The molecular formula is C11H10F5NO4. The predicted octanol–water partition coefficient (Wildman–Crippen LogP) is 2.64. The number of ether oxygens (including phenoxy) is 3. The van der Waals surface area contributed by atoms with Crippen LogP contribution >= 0.6 is 0 Å². The van der Waals surface area contributed by atoms with Gasteiger partial charge in [0.1, 0.15) is 11.3 Å². The van der Waals surface area contributed by atoms with Gasteiger partial charge in [0.2, 0.25) is 5.88 Å². The summed E-state index contributed by atoms with van der Waals surface area (Å²) >= 11 is 0. The fraction of sp³-hybridized carbons (Fsp3) is 0.455. The Kier molecular flexibility index (Phi) is 5.28. The number of carbonyl (C=O) groups is 1. The molecule has 5 nitrogen and oxygen atoms in total. The lowest BCUT2D eigenvalue weighted by molar-refractivity contribution is -0.276. The van der Waals surface area contributed by atoms with Gasteiger partial charge in [-0.25, -0.2) is 13.8 Å². The second-order valence-electron chi connectivity index (χ2n) is 3.64. The SMILES string of the molecule is COC(=O)Cc1cnc(OC(F)(F)F)c(C(F)F)c1OC. The first-order valence-electron chi connectivity index (χ1n) is 5.36. The zero-order valence-electron chi connectivity index (χ0n) is 10.8. The number of alkyl halides is 5. The van der Waals surface area contributed by atoms with E-state index in [-0.39, 0.29) is 5.56 Å². The summed E-state index contributed by atoms with van der Waals surface area (Å²) in [6.07, 6.45) is -8.24. The zero-order valence-corrected chi connectivity index (χ0v) is 10.8. The summed E-state index contributed by atoms with van der Waals surface area (Å²) in [5, 5.41) is 0. The van der Waals surface area contributed by atoms with Crippen LogP contribution < -0.4 is 9.47 Å². The van der Waals surface area contributed by atoms with Crippen LogP contribution in [-0.2, 0) is 16.0 Å². The standard InChI is InChI=1S/C11H10F5NO4/c1-19-6(18)3-5-4-17-10(21-11(14,15)16)7(9(12)13)8(5)20-2/h4,9H,3H2,1-2H3. The Bertz CT molecular complexity index is 518. The van der Waals surface area contributed by atoms with Gasteiger partial charge in [-0.2, -0.15) is 0 Å². The van der Waals surface area contributed by atoms with Crippen LogP contribution in [0.2, 0.25) is 0 Å². The fourth-order valence-electron chi connectivity index (χ4n) is 1.51. The Labute approximate surface area is 115 Å². The van der Waals surface area contributed by atoms with Crippen molar-refractivity contribution in [2.24, 2.45) is 0 Å². The Hall–Kier alpha value is -2.13. The van der Waals surface area contributed by atoms with Crippen LogP contribution in [0, 0.1) is 0 Å². The van der Waals surface area contributed by atoms with Crippen molar-refractivity contribution >= 4 is 5.97 Å². The van der Waals surface area contributed by atoms with E-state index in [2.05, 4.69) is 19.2 Å². The molecule has 0 radical (unpaired) electrons. The van der Waals surface area contributed by atoms with Crippen molar-refractivity contribution in [3.8, 4) is 11.6 Å². The van der Waals surface area contributed by atoms with Gasteiger partial charge < -0.3 is 14.2 Å². The van der Waals surface area contributed by atoms with Gasteiger partial charge in [0.15, 0.2) is 0 Å². The summed E-state index contributed by atoms with van der Waals surface area (Å²) in [4.78, 5) is 14.3. The highest BCUT2D eigenvalue weighted by atomic mass is 19.4.